The zero-order chi connectivity index (χ0) is 21.0. The third-order valence-corrected chi connectivity index (χ3v) is 4.74. The number of carbonyl (C=O) groups is 1. The first-order valence-corrected chi connectivity index (χ1v) is 9.85. The molecular weight excluding hydrogens is 368 g/mol. The standard InChI is InChI=1S/C22H28N4O3/c1-16(29-18-11-9-17(10-12-18)22(2,3)4)20(27)23-13-7-15-26-21(28)25-14-6-5-8-19(25)24-26/h5-6,8-12,14,16H,7,13,15H2,1-4H3,(H,23,27). The van der Waals surface area contributed by atoms with Gasteiger partial charge in [-0.15, -0.1) is 5.10 Å². The Morgan fingerprint density at radius 3 is 2.55 bits per heavy atom. The number of nitrogens with one attached hydrogen (secondary N) is 1. The zero-order valence-electron chi connectivity index (χ0n) is 17.4. The summed E-state index contributed by atoms with van der Waals surface area (Å²) in [5.74, 6) is 0.476. The summed E-state index contributed by atoms with van der Waals surface area (Å²) in [5, 5.41) is 7.12. The van der Waals surface area contributed by atoms with Gasteiger partial charge in [-0.1, -0.05) is 39.0 Å². The van der Waals surface area contributed by atoms with Crippen LogP contribution in [-0.4, -0.2) is 32.7 Å². The lowest BCUT2D eigenvalue weighted by molar-refractivity contribution is -0.127. The number of rotatable bonds is 7. The monoisotopic (exact) mass is 396 g/mol. The molecule has 1 aromatic carbocycles. The maximum absolute atomic E-state index is 12.3. The second-order valence-electron chi connectivity index (χ2n) is 8.11. The van der Waals surface area contributed by atoms with Crippen molar-refractivity contribution in [3.8, 4) is 5.75 Å². The van der Waals surface area contributed by atoms with E-state index in [0.717, 1.165) is 0 Å². The number of benzene rings is 1. The molecule has 0 bridgehead atoms. The number of aryl methyl sites for hydroxylation is 1. The lowest BCUT2D eigenvalue weighted by atomic mass is 9.87. The molecule has 0 fully saturated rings. The van der Waals surface area contributed by atoms with Gasteiger partial charge >= 0.3 is 5.69 Å². The summed E-state index contributed by atoms with van der Waals surface area (Å²) in [6.07, 6.45) is 1.69. The molecule has 0 aliphatic rings. The highest BCUT2D eigenvalue weighted by molar-refractivity contribution is 5.80. The molecule has 3 aromatic rings. The van der Waals surface area contributed by atoms with E-state index in [0.29, 0.717) is 30.9 Å². The van der Waals surface area contributed by atoms with Crippen LogP contribution in [0.5, 0.6) is 5.75 Å². The fourth-order valence-electron chi connectivity index (χ4n) is 2.99. The van der Waals surface area contributed by atoms with Crippen molar-refractivity contribution in [3.05, 3.63) is 64.7 Å². The lowest BCUT2D eigenvalue weighted by Gasteiger charge is -2.20. The van der Waals surface area contributed by atoms with Crippen molar-refractivity contribution in [1.82, 2.24) is 19.5 Å². The lowest BCUT2D eigenvalue weighted by Crippen LogP contribution is -2.37. The van der Waals surface area contributed by atoms with Gasteiger partial charge in [0.25, 0.3) is 5.91 Å². The molecule has 2 aromatic heterocycles. The number of hydrogen-bond donors (Lipinski definition) is 1. The Balaban J connectivity index is 1.46. The van der Waals surface area contributed by atoms with Crippen LogP contribution in [0.25, 0.3) is 5.65 Å². The summed E-state index contributed by atoms with van der Waals surface area (Å²) in [6.45, 7) is 9.05. The van der Waals surface area contributed by atoms with Crippen LogP contribution in [-0.2, 0) is 16.8 Å². The first kappa shape index (κ1) is 20.6. The van der Waals surface area contributed by atoms with Gasteiger partial charge in [0.15, 0.2) is 11.8 Å². The smallest absolute Gasteiger partial charge is 0.350 e. The first-order chi connectivity index (χ1) is 13.8. The average molecular weight is 396 g/mol. The second-order valence-corrected chi connectivity index (χ2v) is 8.11. The van der Waals surface area contributed by atoms with Crippen molar-refractivity contribution >= 4 is 11.6 Å². The molecule has 1 unspecified atom stereocenters. The number of amides is 1. The van der Waals surface area contributed by atoms with E-state index in [9.17, 15) is 9.59 Å². The Bertz CT molecular complexity index is 1030. The van der Waals surface area contributed by atoms with Crippen LogP contribution in [0, 0.1) is 0 Å². The molecule has 29 heavy (non-hydrogen) atoms. The molecule has 2 heterocycles. The average Bonchev–Trinajstić information content (AvgIpc) is 3.01. The normalized spacial score (nSPS) is 12.7. The van der Waals surface area contributed by atoms with E-state index in [-0.39, 0.29) is 17.0 Å². The predicted molar refractivity (Wildman–Crippen MR) is 112 cm³/mol. The minimum atomic E-state index is -0.603. The molecule has 0 aliphatic heterocycles. The quantitative estimate of drug-likeness (QED) is 0.623. The molecule has 0 spiro atoms. The number of pyridine rings is 1. The van der Waals surface area contributed by atoms with E-state index in [1.165, 1.54) is 14.6 Å². The van der Waals surface area contributed by atoms with Crippen LogP contribution in [0.3, 0.4) is 0 Å². The fourth-order valence-corrected chi connectivity index (χ4v) is 2.99. The van der Waals surface area contributed by atoms with Gasteiger partial charge in [-0.05, 0) is 48.6 Å². The van der Waals surface area contributed by atoms with Gasteiger partial charge in [0.05, 0.1) is 0 Å². The third-order valence-electron chi connectivity index (χ3n) is 4.74. The molecule has 3 rings (SSSR count). The van der Waals surface area contributed by atoms with Gasteiger partial charge in [-0.25, -0.2) is 9.48 Å². The van der Waals surface area contributed by atoms with Crippen LogP contribution in [0.1, 0.15) is 39.7 Å². The van der Waals surface area contributed by atoms with Crippen molar-refractivity contribution in [3.63, 3.8) is 0 Å². The van der Waals surface area contributed by atoms with Crippen LogP contribution >= 0.6 is 0 Å². The zero-order valence-corrected chi connectivity index (χ0v) is 17.4. The molecule has 154 valence electrons. The minimum Gasteiger partial charge on any atom is -0.481 e. The van der Waals surface area contributed by atoms with E-state index in [1.807, 2.05) is 30.3 Å². The van der Waals surface area contributed by atoms with Gasteiger partial charge in [0, 0.05) is 19.3 Å². The highest BCUT2D eigenvalue weighted by Crippen LogP contribution is 2.24. The molecule has 7 heteroatoms. The van der Waals surface area contributed by atoms with Gasteiger partial charge in [-0.3, -0.25) is 9.20 Å². The van der Waals surface area contributed by atoms with Gasteiger partial charge in [0.1, 0.15) is 5.75 Å². The first-order valence-electron chi connectivity index (χ1n) is 9.85. The van der Waals surface area contributed by atoms with Crippen LogP contribution < -0.4 is 15.7 Å². The number of ether oxygens (including phenoxy) is 1. The summed E-state index contributed by atoms with van der Waals surface area (Å²) >= 11 is 0. The van der Waals surface area contributed by atoms with E-state index < -0.39 is 6.10 Å². The summed E-state index contributed by atoms with van der Waals surface area (Å²) in [4.78, 5) is 24.5. The molecule has 7 nitrogen and oxygen atoms in total. The van der Waals surface area contributed by atoms with Crippen molar-refractivity contribution in [2.24, 2.45) is 0 Å². The van der Waals surface area contributed by atoms with E-state index in [4.69, 9.17) is 4.74 Å². The van der Waals surface area contributed by atoms with Crippen molar-refractivity contribution in [2.75, 3.05) is 6.54 Å². The maximum atomic E-state index is 12.3. The number of aromatic nitrogens is 3. The molecule has 0 aliphatic carbocycles. The summed E-state index contributed by atoms with van der Waals surface area (Å²) in [5.41, 5.74) is 1.72. The third kappa shape index (κ3) is 5.04. The van der Waals surface area contributed by atoms with E-state index >= 15 is 0 Å². The van der Waals surface area contributed by atoms with Crippen molar-refractivity contribution < 1.29 is 9.53 Å². The van der Waals surface area contributed by atoms with Crippen LogP contribution in [0.15, 0.2) is 53.5 Å². The highest BCUT2D eigenvalue weighted by atomic mass is 16.5. The predicted octanol–water partition coefficient (Wildman–Crippen LogP) is 2.77. The topological polar surface area (TPSA) is 77.6 Å². The summed E-state index contributed by atoms with van der Waals surface area (Å²) in [7, 11) is 0. The van der Waals surface area contributed by atoms with Gasteiger partial charge in [-0.2, -0.15) is 0 Å². The highest BCUT2D eigenvalue weighted by Gasteiger charge is 2.16. The Morgan fingerprint density at radius 1 is 1.17 bits per heavy atom. The molecule has 1 amide bonds. The number of hydrogen-bond acceptors (Lipinski definition) is 4. The Hall–Kier alpha value is -3.09. The van der Waals surface area contributed by atoms with Gasteiger partial charge < -0.3 is 10.1 Å². The summed E-state index contributed by atoms with van der Waals surface area (Å²) < 4.78 is 8.65. The number of fused-ring (bicyclic) bond motifs is 1. The molecule has 0 radical (unpaired) electrons. The number of nitrogens with zero attached hydrogens (tertiary/aromatic N) is 3. The largest absolute Gasteiger partial charge is 0.481 e. The minimum absolute atomic E-state index is 0.0738. The molecule has 0 saturated heterocycles. The van der Waals surface area contributed by atoms with Crippen LogP contribution in [0.2, 0.25) is 0 Å². The van der Waals surface area contributed by atoms with Crippen molar-refractivity contribution in [2.45, 2.75) is 52.2 Å². The molecule has 0 saturated carbocycles. The van der Waals surface area contributed by atoms with Crippen LogP contribution in [0.4, 0.5) is 0 Å². The maximum Gasteiger partial charge on any atom is 0.350 e. The Kier molecular flexibility index (Phi) is 6.06. The Morgan fingerprint density at radius 2 is 1.90 bits per heavy atom. The van der Waals surface area contributed by atoms with Gasteiger partial charge in [0.2, 0.25) is 0 Å². The summed E-state index contributed by atoms with van der Waals surface area (Å²) in [6, 6.07) is 13.2. The number of carbonyl (C=O) groups excluding carboxylic acids is 1. The van der Waals surface area contributed by atoms with Crippen molar-refractivity contribution in [1.29, 1.82) is 0 Å². The SMILES string of the molecule is CC(Oc1ccc(C(C)(C)C)cc1)C(=O)NCCCn1nc2ccccn2c1=O. The molecule has 1 N–H and O–H groups in total. The fraction of sp³-hybridized carbons (Fsp3) is 0.409. The second kappa shape index (κ2) is 8.51. The molecule has 1 atom stereocenters. The van der Waals surface area contributed by atoms with E-state index in [1.54, 1.807) is 25.3 Å². The molecular formula is C22H28N4O3. The Labute approximate surface area is 170 Å². The van der Waals surface area contributed by atoms with E-state index in [2.05, 4.69) is 31.2 Å².